The zero-order valence-electron chi connectivity index (χ0n) is 31.8. The molecule has 1 aliphatic heterocycles. The van der Waals surface area contributed by atoms with Gasteiger partial charge >= 0.3 is 0 Å². The van der Waals surface area contributed by atoms with E-state index in [1.165, 1.54) is 38.2 Å². The Bertz CT molecular complexity index is 2080. The number of rotatable bonds is 19. The van der Waals surface area contributed by atoms with Crippen LogP contribution in [-0.2, 0) is 19.3 Å². The van der Waals surface area contributed by atoms with Gasteiger partial charge in [-0.15, -0.1) is 11.5 Å². The third kappa shape index (κ3) is 10.4. The van der Waals surface area contributed by atoms with Crippen LogP contribution in [0.4, 0.5) is 0 Å². The SMILES string of the molecule is C=C=C(NC(Cc1ccc2ccccc2c1)C(=C)NC(Cc1ccc2ccccc2c1)C(=C=C)N(CCCCN)CCc1ccccc1)C1CCNCC1. The van der Waals surface area contributed by atoms with E-state index in [1.807, 2.05) is 0 Å². The summed E-state index contributed by atoms with van der Waals surface area (Å²) in [5.41, 5.74) is 19.6. The smallest absolute Gasteiger partial charge is 0.0788 e. The molecular formula is C49H57N5. The third-order valence-corrected chi connectivity index (χ3v) is 10.8. The number of hydrogen-bond donors (Lipinski definition) is 4. The fourth-order valence-corrected chi connectivity index (χ4v) is 7.78. The molecule has 54 heavy (non-hydrogen) atoms. The number of fused-ring (bicyclic) bond motifs is 2. The van der Waals surface area contributed by atoms with Gasteiger partial charge in [0.25, 0.3) is 0 Å². The number of piperidine rings is 1. The van der Waals surface area contributed by atoms with Crippen LogP contribution in [0.3, 0.4) is 0 Å². The summed E-state index contributed by atoms with van der Waals surface area (Å²) in [5, 5.41) is 16.4. The molecule has 0 aromatic heterocycles. The van der Waals surface area contributed by atoms with Crippen molar-refractivity contribution in [2.75, 3.05) is 32.7 Å². The summed E-state index contributed by atoms with van der Waals surface area (Å²) in [6.07, 6.45) is 6.51. The lowest BCUT2D eigenvalue weighted by Gasteiger charge is -2.35. The lowest BCUT2D eigenvalue weighted by atomic mass is 9.92. The van der Waals surface area contributed by atoms with Gasteiger partial charge in [0, 0.05) is 24.7 Å². The van der Waals surface area contributed by atoms with Crippen LogP contribution in [0, 0.1) is 5.92 Å². The number of benzene rings is 5. The summed E-state index contributed by atoms with van der Waals surface area (Å²) in [7, 11) is 0. The van der Waals surface area contributed by atoms with E-state index in [0.717, 1.165) is 88.2 Å². The number of nitrogens with one attached hydrogen (secondary N) is 3. The van der Waals surface area contributed by atoms with Crippen molar-refractivity contribution in [3.63, 3.8) is 0 Å². The second-order valence-corrected chi connectivity index (χ2v) is 14.6. The Morgan fingerprint density at radius 1 is 0.685 bits per heavy atom. The predicted octanol–water partition coefficient (Wildman–Crippen LogP) is 8.83. The molecule has 6 rings (SSSR count). The molecule has 0 radical (unpaired) electrons. The zero-order valence-corrected chi connectivity index (χ0v) is 31.8. The van der Waals surface area contributed by atoms with Crippen LogP contribution in [0.15, 0.2) is 164 Å². The third-order valence-electron chi connectivity index (χ3n) is 10.8. The molecule has 5 N–H and O–H groups in total. The van der Waals surface area contributed by atoms with Gasteiger partial charge in [0.1, 0.15) is 0 Å². The molecule has 1 saturated heterocycles. The maximum Gasteiger partial charge on any atom is 0.0788 e. The molecule has 0 spiro atoms. The van der Waals surface area contributed by atoms with Crippen LogP contribution < -0.4 is 21.7 Å². The molecular weight excluding hydrogens is 659 g/mol. The maximum absolute atomic E-state index is 5.99. The van der Waals surface area contributed by atoms with Crippen molar-refractivity contribution in [1.82, 2.24) is 20.9 Å². The molecule has 2 unspecified atom stereocenters. The molecule has 5 heteroatoms. The Kier molecular flexibility index (Phi) is 14.0. The van der Waals surface area contributed by atoms with Gasteiger partial charge in [-0.3, -0.25) is 0 Å². The molecule has 5 aromatic carbocycles. The van der Waals surface area contributed by atoms with Gasteiger partial charge in [-0.2, -0.15) is 0 Å². The minimum atomic E-state index is -0.124. The summed E-state index contributed by atoms with van der Waals surface area (Å²) >= 11 is 0. The topological polar surface area (TPSA) is 65.3 Å². The van der Waals surface area contributed by atoms with Crippen molar-refractivity contribution >= 4 is 21.5 Å². The van der Waals surface area contributed by atoms with Crippen LogP contribution in [-0.4, -0.2) is 49.7 Å². The van der Waals surface area contributed by atoms with Gasteiger partial charge in [0.2, 0.25) is 0 Å². The highest BCUT2D eigenvalue weighted by atomic mass is 15.2. The summed E-state index contributed by atoms with van der Waals surface area (Å²) in [6.45, 7) is 17.6. The van der Waals surface area contributed by atoms with E-state index in [-0.39, 0.29) is 12.1 Å². The van der Waals surface area contributed by atoms with Crippen LogP contribution in [0.2, 0.25) is 0 Å². The molecule has 1 aliphatic rings. The van der Waals surface area contributed by atoms with E-state index in [4.69, 9.17) is 12.3 Å². The highest BCUT2D eigenvalue weighted by Gasteiger charge is 2.26. The lowest BCUT2D eigenvalue weighted by Crippen LogP contribution is -2.46. The first-order valence-electron chi connectivity index (χ1n) is 19.7. The predicted molar refractivity (Wildman–Crippen MR) is 229 cm³/mol. The fraction of sp³-hybridized carbons (Fsp3) is 0.306. The first-order valence-corrected chi connectivity index (χ1v) is 19.7. The van der Waals surface area contributed by atoms with Crippen molar-refractivity contribution in [3.05, 3.63) is 180 Å². The highest BCUT2D eigenvalue weighted by molar-refractivity contribution is 5.83. The van der Waals surface area contributed by atoms with E-state index < -0.39 is 0 Å². The Labute approximate surface area is 323 Å². The normalized spacial score (nSPS) is 14.1. The van der Waals surface area contributed by atoms with Crippen molar-refractivity contribution in [1.29, 1.82) is 0 Å². The fourth-order valence-electron chi connectivity index (χ4n) is 7.78. The Balaban J connectivity index is 1.34. The molecule has 1 fully saturated rings. The lowest BCUT2D eigenvalue weighted by molar-refractivity contribution is 0.306. The Morgan fingerprint density at radius 2 is 1.28 bits per heavy atom. The maximum atomic E-state index is 5.99. The Hall–Kier alpha value is -5.28. The van der Waals surface area contributed by atoms with Gasteiger partial charge in [-0.1, -0.05) is 135 Å². The Morgan fingerprint density at radius 3 is 1.87 bits per heavy atom. The number of nitrogens with zero attached hydrogens (tertiary/aromatic N) is 1. The van der Waals surface area contributed by atoms with Crippen LogP contribution >= 0.6 is 0 Å². The number of hydrogen-bond acceptors (Lipinski definition) is 5. The van der Waals surface area contributed by atoms with E-state index in [9.17, 15) is 0 Å². The summed E-state index contributed by atoms with van der Waals surface area (Å²) in [5.74, 6) is 0.378. The largest absolute Gasteiger partial charge is 0.378 e. The molecule has 1 heterocycles. The van der Waals surface area contributed by atoms with E-state index in [2.05, 4.69) is 161 Å². The number of allylic oxidation sites excluding steroid dienone is 1. The van der Waals surface area contributed by atoms with Gasteiger partial charge in [-0.05, 0) is 103 Å². The van der Waals surface area contributed by atoms with Crippen molar-refractivity contribution in [2.24, 2.45) is 11.7 Å². The van der Waals surface area contributed by atoms with Crippen LogP contribution in [0.1, 0.15) is 42.4 Å². The monoisotopic (exact) mass is 715 g/mol. The molecule has 0 amide bonds. The van der Waals surface area contributed by atoms with Crippen molar-refractivity contribution in [2.45, 2.75) is 57.0 Å². The first-order chi connectivity index (χ1) is 26.5. The first kappa shape index (κ1) is 38.4. The number of nitrogens with two attached hydrogens (primary N) is 1. The number of unbranched alkanes of at least 4 members (excludes halogenated alkanes) is 1. The minimum Gasteiger partial charge on any atom is -0.378 e. The van der Waals surface area contributed by atoms with Gasteiger partial charge in [-0.25, -0.2) is 0 Å². The van der Waals surface area contributed by atoms with Crippen LogP contribution in [0.25, 0.3) is 21.5 Å². The zero-order chi connectivity index (χ0) is 37.5. The molecule has 5 aromatic rings. The average Bonchev–Trinajstić information content (AvgIpc) is 3.22. The molecule has 278 valence electrons. The molecule has 0 bridgehead atoms. The van der Waals surface area contributed by atoms with Crippen molar-refractivity contribution < 1.29 is 0 Å². The standard InChI is InChI=1S/C49H57N5/c1-4-46(43-25-29-51-30-26-43)53-47(35-39-21-23-41-17-9-11-19-44(41)33-39)37(3)52-48(36-40-22-24-42-18-10-12-20-45(42)34-40)49(5-2)54(31-14-13-28-50)32-27-38-15-7-6-8-16-38/h6-12,15-24,33-34,43,47-48,51-53H,1-3,13-14,25-32,35-36,50H2. The summed E-state index contributed by atoms with van der Waals surface area (Å²) in [6, 6.07) is 41.2. The molecule has 5 nitrogen and oxygen atoms in total. The molecule has 0 aliphatic carbocycles. The summed E-state index contributed by atoms with van der Waals surface area (Å²) in [4.78, 5) is 2.47. The second-order valence-electron chi connectivity index (χ2n) is 14.6. The van der Waals surface area contributed by atoms with Gasteiger partial charge < -0.3 is 26.6 Å². The van der Waals surface area contributed by atoms with Gasteiger partial charge in [0.05, 0.1) is 23.5 Å². The van der Waals surface area contributed by atoms with E-state index in [0.29, 0.717) is 12.5 Å². The average molecular weight is 716 g/mol. The van der Waals surface area contributed by atoms with E-state index in [1.54, 1.807) is 0 Å². The molecule has 0 saturated carbocycles. The van der Waals surface area contributed by atoms with Crippen LogP contribution in [0.5, 0.6) is 0 Å². The second kappa shape index (κ2) is 19.7. The van der Waals surface area contributed by atoms with Crippen molar-refractivity contribution in [3.8, 4) is 0 Å². The van der Waals surface area contributed by atoms with E-state index >= 15 is 0 Å². The summed E-state index contributed by atoms with van der Waals surface area (Å²) < 4.78 is 0. The van der Waals surface area contributed by atoms with Gasteiger partial charge in [0.15, 0.2) is 0 Å². The quantitative estimate of drug-likeness (QED) is 0.0509. The minimum absolute atomic E-state index is 0.106. The molecule has 2 atom stereocenters. The highest BCUT2D eigenvalue weighted by Crippen LogP contribution is 2.25.